The first-order chi connectivity index (χ1) is 9.34. The van der Waals surface area contributed by atoms with Gasteiger partial charge in [0.05, 0.1) is 5.69 Å². The number of nitrogens with zero attached hydrogens (tertiary/aromatic N) is 2. The second-order valence-electron chi connectivity index (χ2n) is 4.03. The predicted octanol–water partition coefficient (Wildman–Crippen LogP) is 2.25. The lowest BCUT2D eigenvalue weighted by Gasteiger charge is -2.30. The summed E-state index contributed by atoms with van der Waals surface area (Å²) >= 11 is 5.11. The van der Waals surface area contributed by atoms with Crippen LogP contribution >= 0.6 is 12.2 Å². The van der Waals surface area contributed by atoms with Gasteiger partial charge in [-0.25, -0.2) is 5.01 Å². The summed E-state index contributed by atoms with van der Waals surface area (Å²) in [6, 6.07) is 19.9. The third-order valence-electron chi connectivity index (χ3n) is 2.73. The van der Waals surface area contributed by atoms with Crippen LogP contribution in [0.5, 0.6) is 0 Å². The van der Waals surface area contributed by atoms with Crippen molar-refractivity contribution in [1.82, 2.24) is 10.9 Å². The van der Waals surface area contributed by atoms with Crippen LogP contribution < -0.4 is 15.9 Å². The van der Waals surface area contributed by atoms with Gasteiger partial charge in [-0.05, 0) is 24.4 Å². The van der Waals surface area contributed by atoms with Crippen LogP contribution in [-0.4, -0.2) is 10.9 Å². The summed E-state index contributed by atoms with van der Waals surface area (Å²) in [5.74, 6) is 0.778. The van der Waals surface area contributed by atoms with Gasteiger partial charge in [0, 0.05) is 5.56 Å². The van der Waals surface area contributed by atoms with E-state index in [4.69, 9.17) is 12.2 Å². The number of amidine groups is 1. The molecule has 0 saturated carbocycles. The molecule has 0 saturated heterocycles. The second kappa shape index (κ2) is 5.07. The van der Waals surface area contributed by atoms with E-state index in [1.54, 1.807) is 0 Å². The summed E-state index contributed by atoms with van der Waals surface area (Å²) in [5, 5.41) is 6.67. The molecule has 5 heteroatoms. The highest BCUT2D eigenvalue weighted by Gasteiger charge is 2.20. The number of hydrazine groups is 1. The number of anilines is 1. The number of thiocarbonyl (C=S) groups is 1. The lowest BCUT2D eigenvalue weighted by atomic mass is 10.2. The fraction of sp³-hybridized carbons (Fsp3) is 0. The van der Waals surface area contributed by atoms with Crippen LogP contribution in [0.25, 0.3) is 0 Å². The Hall–Kier alpha value is -2.40. The van der Waals surface area contributed by atoms with Gasteiger partial charge in [0.2, 0.25) is 5.11 Å². The van der Waals surface area contributed by atoms with Gasteiger partial charge in [-0.15, -0.1) is 0 Å². The number of nitrogens with one attached hydrogen (secondary N) is 2. The zero-order valence-electron chi connectivity index (χ0n) is 10.1. The van der Waals surface area contributed by atoms with Gasteiger partial charge in [0.25, 0.3) is 0 Å². The van der Waals surface area contributed by atoms with Crippen molar-refractivity contribution in [3.05, 3.63) is 66.2 Å². The van der Waals surface area contributed by atoms with E-state index in [9.17, 15) is 0 Å². The average molecular weight is 268 g/mol. The van der Waals surface area contributed by atoms with Crippen LogP contribution in [0.15, 0.2) is 65.8 Å². The number of hydrogen-bond acceptors (Lipinski definition) is 3. The number of hydrogen-bond donors (Lipinski definition) is 2. The predicted molar refractivity (Wildman–Crippen MR) is 80.8 cm³/mol. The Balaban J connectivity index is 2.03. The van der Waals surface area contributed by atoms with Crippen LogP contribution in [-0.2, 0) is 0 Å². The number of para-hydroxylation sites is 1. The van der Waals surface area contributed by atoms with Crippen molar-refractivity contribution in [2.75, 3.05) is 5.01 Å². The minimum Gasteiger partial charge on any atom is -0.267 e. The third kappa shape index (κ3) is 2.41. The van der Waals surface area contributed by atoms with Gasteiger partial charge < -0.3 is 0 Å². The molecule has 2 aromatic carbocycles. The fourth-order valence-electron chi connectivity index (χ4n) is 1.88. The Kier molecular flexibility index (Phi) is 3.12. The van der Waals surface area contributed by atoms with Crippen molar-refractivity contribution in [1.29, 1.82) is 0 Å². The molecule has 2 aromatic rings. The summed E-state index contributed by atoms with van der Waals surface area (Å²) in [4.78, 5) is 0. The summed E-state index contributed by atoms with van der Waals surface area (Å²) in [5.41, 5.74) is 7.89. The van der Waals surface area contributed by atoms with Gasteiger partial charge >= 0.3 is 0 Å². The smallest absolute Gasteiger partial charge is 0.206 e. The molecule has 0 spiro atoms. The third-order valence-corrected chi connectivity index (χ3v) is 2.92. The van der Waals surface area contributed by atoms with Crippen molar-refractivity contribution >= 4 is 28.9 Å². The lowest BCUT2D eigenvalue weighted by molar-refractivity contribution is 0.843. The largest absolute Gasteiger partial charge is 0.267 e. The van der Waals surface area contributed by atoms with Crippen LogP contribution in [0.4, 0.5) is 5.69 Å². The SMILES string of the molecule is S=C1NN=C(c2ccccc2)N(c2ccccc2)N1. The zero-order chi connectivity index (χ0) is 13.1. The van der Waals surface area contributed by atoms with Gasteiger partial charge in [-0.3, -0.25) is 10.9 Å². The number of rotatable bonds is 2. The highest BCUT2D eigenvalue weighted by atomic mass is 32.1. The fourth-order valence-corrected chi connectivity index (χ4v) is 2.01. The van der Waals surface area contributed by atoms with Crippen LogP contribution in [0.3, 0.4) is 0 Å². The van der Waals surface area contributed by atoms with Gasteiger partial charge in [0.1, 0.15) is 0 Å². The summed E-state index contributed by atoms with van der Waals surface area (Å²) < 4.78 is 0. The first-order valence-electron chi connectivity index (χ1n) is 5.89. The van der Waals surface area contributed by atoms with Gasteiger partial charge in [-0.1, -0.05) is 48.5 Å². The minimum absolute atomic E-state index is 0.475. The quantitative estimate of drug-likeness (QED) is 0.820. The van der Waals surface area contributed by atoms with E-state index in [-0.39, 0.29) is 0 Å². The van der Waals surface area contributed by atoms with E-state index < -0.39 is 0 Å². The Labute approximate surface area is 116 Å². The van der Waals surface area contributed by atoms with Crippen molar-refractivity contribution in [3.63, 3.8) is 0 Å². The Morgan fingerprint density at radius 2 is 1.53 bits per heavy atom. The highest BCUT2D eigenvalue weighted by Crippen LogP contribution is 2.16. The van der Waals surface area contributed by atoms with E-state index in [1.165, 1.54) is 0 Å². The van der Waals surface area contributed by atoms with Crippen molar-refractivity contribution < 1.29 is 0 Å². The van der Waals surface area contributed by atoms with Gasteiger partial charge in [0.15, 0.2) is 5.84 Å². The summed E-state index contributed by atoms with van der Waals surface area (Å²) in [7, 11) is 0. The molecule has 1 aliphatic rings. The van der Waals surface area contributed by atoms with Crippen molar-refractivity contribution in [2.45, 2.75) is 0 Å². The summed E-state index contributed by atoms with van der Waals surface area (Å²) in [6.07, 6.45) is 0. The molecule has 0 aliphatic carbocycles. The Morgan fingerprint density at radius 1 is 0.895 bits per heavy atom. The molecule has 2 N–H and O–H groups in total. The molecule has 0 radical (unpaired) electrons. The van der Waals surface area contributed by atoms with E-state index in [2.05, 4.69) is 16.0 Å². The second-order valence-corrected chi connectivity index (χ2v) is 4.43. The zero-order valence-corrected chi connectivity index (χ0v) is 10.9. The maximum Gasteiger partial charge on any atom is 0.206 e. The maximum absolute atomic E-state index is 5.11. The molecule has 3 rings (SSSR count). The van der Waals surface area contributed by atoms with Crippen LogP contribution in [0.1, 0.15) is 5.56 Å². The minimum atomic E-state index is 0.475. The molecule has 0 aromatic heterocycles. The molecule has 94 valence electrons. The molecule has 0 amide bonds. The molecular formula is C14H12N4S. The molecule has 0 bridgehead atoms. The molecular weight excluding hydrogens is 256 g/mol. The molecule has 1 aliphatic heterocycles. The van der Waals surface area contributed by atoms with E-state index >= 15 is 0 Å². The first kappa shape index (κ1) is 11.7. The normalized spacial score (nSPS) is 14.4. The highest BCUT2D eigenvalue weighted by molar-refractivity contribution is 7.80. The number of hydrazone groups is 1. The lowest BCUT2D eigenvalue weighted by Crippen LogP contribution is -2.54. The van der Waals surface area contributed by atoms with Crippen molar-refractivity contribution in [3.8, 4) is 0 Å². The first-order valence-corrected chi connectivity index (χ1v) is 6.30. The summed E-state index contributed by atoms with van der Waals surface area (Å²) in [6.45, 7) is 0. The molecule has 19 heavy (non-hydrogen) atoms. The van der Waals surface area contributed by atoms with E-state index in [0.29, 0.717) is 5.11 Å². The monoisotopic (exact) mass is 268 g/mol. The standard InChI is InChI=1S/C14H12N4S/c19-14-16-15-13(11-7-3-1-4-8-11)18(17-14)12-9-5-2-6-10-12/h1-10H,(H2,16,17,19). The van der Waals surface area contributed by atoms with Crippen LogP contribution in [0, 0.1) is 0 Å². The van der Waals surface area contributed by atoms with E-state index in [1.807, 2.05) is 65.7 Å². The molecule has 1 heterocycles. The molecule has 0 atom stereocenters. The Morgan fingerprint density at radius 3 is 2.21 bits per heavy atom. The molecule has 4 nitrogen and oxygen atoms in total. The Bertz CT molecular complexity index is 610. The van der Waals surface area contributed by atoms with Crippen molar-refractivity contribution in [2.24, 2.45) is 5.10 Å². The van der Waals surface area contributed by atoms with Crippen LogP contribution in [0.2, 0.25) is 0 Å². The average Bonchev–Trinajstić information content (AvgIpc) is 2.49. The van der Waals surface area contributed by atoms with E-state index in [0.717, 1.165) is 17.1 Å². The molecule has 0 fully saturated rings. The topological polar surface area (TPSA) is 39.7 Å². The maximum atomic E-state index is 5.11. The molecule has 0 unspecified atom stereocenters. The number of benzene rings is 2. The van der Waals surface area contributed by atoms with Gasteiger partial charge in [-0.2, -0.15) is 5.10 Å².